The molecule has 0 fully saturated rings. The van der Waals surface area contributed by atoms with Crippen molar-refractivity contribution >= 4 is 0 Å². The number of aliphatic hydroxyl groups is 1. The molecule has 1 heteroatoms. The summed E-state index contributed by atoms with van der Waals surface area (Å²) in [4.78, 5) is 0. The van der Waals surface area contributed by atoms with E-state index in [1.54, 1.807) is 0 Å². The van der Waals surface area contributed by atoms with Crippen molar-refractivity contribution in [3.63, 3.8) is 0 Å². The highest BCUT2D eigenvalue weighted by Crippen LogP contribution is 2.13. The fourth-order valence-electron chi connectivity index (χ4n) is 2.71. The molecule has 0 aliphatic heterocycles. The Kier molecular flexibility index (Phi) is 16.5. The first-order valence-electron chi connectivity index (χ1n) is 9.10. The Hall–Kier alpha value is -0.300. The average molecular weight is 283 g/mol. The predicted molar refractivity (Wildman–Crippen MR) is 91.1 cm³/mol. The Labute approximate surface area is 127 Å². The van der Waals surface area contributed by atoms with Gasteiger partial charge in [0.15, 0.2) is 0 Å². The van der Waals surface area contributed by atoms with E-state index in [1.165, 1.54) is 83.5 Å². The predicted octanol–water partition coefficient (Wildman–Crippen LogP) is 6.40. The number of aliphatic hydroxyl groups excluding tert-OH is 1. The molecule has 0 aromatic rings. The molecule has 120 valence electrons. The smallest absolute Gasteiger partial charge is 0.0574 e. The molecule has 0 amide bonds. The van der Waals surface area contributed by atoms with Crippen LogP contribution in [0.5, 0.6) is 0 Å². The molecule has 0 spiro atoms. The van der Waals surface area contributed by atoms with Gasteiger partial charge in [-0.3, -0.25) is 0 Å². The van der Waals surface area contributed by atoms with Gasteiger partial charge in [-0.05, 0) is 12.8 Å². The molecule has 20 heavy (non-hydrogen) atoms. The van der Waals surface area contributed by atoms with Crippen molar-refractivity contribution < 1.29 is 5.11 Å². The Morgan fingerprint density at radius 1 is 0.750 bits per heavy atom. The van der Waals surface area contributed by atoms with Crippen molar-refractivity contribution in [3.8, 4) is 0 Å². The lowest BCUT2D eigenvalue weighted by atomic mass is 10.0. The highest BCUT2D eigenvalue weighted by Gasteiger charge is 2.00. The summed E-state index contributed by atoms with van der Waals surface area (Å²) in [7, 11) is 0. The van der Waals surface area contributed by atoms with Crippen LogP contribution in [0.25, 0.3) is 0 Å². The maximum absolute atomic E-state index is 9.56. The van der Waals surface area contributed by atoms with Crippen LogP contribution in [0.4, 0.5) is 0 Å². The van der Waals surface area contributed by atoms with Crippen LogP contribution in [0.15, 0.2) is 12.7 Å². The van der Waals surface area contributed by atoms with Crippen molar-refractivity contribution in [1.29, 1.82) is 0 Å². The summed E-state index contributed by atoms with van der Waals surface area (Å²) in [5, 5.41) is 9.56. The minimum atomic E-state index is -0.153. The average Bonchev–Trinajstić information content (AvgIpc) is 2.44. The summed E-state index contributed by atoms with van der Waals surface area (Å²) >= 11 is 0. The minimum Gasteiger partial charge on any atom is -0.393 e. The molecule has 0 aromatic carbocycles. The highest BCUT2D eigenvalue weighted by molar-refractivity contribution is 4.71. The molecule has 0 rings (SSSR count). The van der Waals surface area contributed by atoms with Crippen molar-refractivity contribution in [1.82, 2.24) is 0 Å². The molecule has 0 aliphatic carbocycles. The summed E-state index contributed by atoms with van der Waals surface area (Å²) in [5.74, 6) is 0. The zero-order chi connectivity index (χ0) is 14.9. The van der Waals surface area contributed by atoms with E-state index in [0.717, 1.165) is 12.8 Å². The molecule has 0 saturated carbocycles. The van der Waals surface area contributed by atoms with Gasteiger partial charge in [0.05, 0.1) is 6.10 Å². The van der Waals surface area contributed by atoms with Crippen molar-refractivity contribution in [2.24, 2.45) is 0 Å². The monoisotopic (exact) mass is 282 g/mol. The number of hydrogen-bond donors (Lipinski definition) is 1. The SMILES string of the molecule is C=CC[C@@H](O)CCCCCCCCCCCCCCC. The van der Waals surface area contributed by atoms with Gasteiger partial charge in [-0.2, -0.15) is 0 Å². The Morgan fingerprint density at radius 3 is 1.55 bits per heavy atom. The van der Waals surface area contributed by atoms with Gasteiger partial charge in [0.25, 0.3) is 0 Å². The molecule has 0 bridgehead atoms. The fourth-order valence-corrected chi connectivity index (χ4v) is 2.71. The summed E-state index contributed by atoms with van der Waals surface area (Å²) in [6.07, 6.45) is 21.3. The highest BCUT2D eigenvalue weighted by atomic mass is 16.3. The second kappa shape index (κ2) is 16.8. The molecule has 0 aliphatic rings. The maximum atomic E-state index is 9.56. The van der Waals surface area contributed by atoms with Gasteiger partial charge < -0.3 is 5.11 Å². The van der Waals surface area contributed by atoms with E-state index in [2.05, 4.69) is 13.5 Å². The van der Waals surface area contributed by atoms with Gasteiger partial charge in [-0.15, -0.1) is 6.58 Å². The lowest BCUT2D eigenvalue weighted by molar-refractivity contribution is 0.164. The Bertz CT molecular complexity index is 188. The first-order chi connectivity index (χ1) is 9.81. The third-order valence-corrected chi connectivity index (χ3v) is 4.08. The minimum absolute atomic E-state index is 0.153. The molecule has 0 heterocycles. The van der Waals surface area contributed by atoms with Crippen molar-refractivity contribution in [2.45, 2.75) is 109 Å². The summed E-state index contributed by atoms with van der Waals surface area (Å²) in [5.41, 5.74) is 0. The Balaban J connectivity index is 3.01. The normalized spacial score (nSPS) is 12.5. The second-order valence-corrected chi connectivity index (χ2v) is 6.21. The summed E-state index contributed by atoms with van der Waals surface area (Å²) in [6, 6.07) is 0. The number of unbranched alkanes of at least 4 members (excludes halogenated alkanes) is 12. The van der Waals surface area contributed by atoms with Gasteiger partial charge in [0, 0.05) is 0 Å². The van der Waals surface area contributed by atoms with E-state index < -0.39 is 0 Å². The third kappa shape index (κ3) is 15.8. The first kappa shape index (κ1) is 19.7. The van der Waals surface area contributed by atoms with Gasteiger partial charge >= 0.3 is 0 Å². The van der Waals surface area contributed by atoms with E-state index in [0.29, 0.717) is 0 Å². The van der Waals surface area contributed by atoms with E-state index in [1.807, 2.05) is 6.08 Å². The van der Waals surface area contributed by atoms with Crippen LogP contribution in [0, 0.1) is 0 Å². The van der Waals surface area contributed by atoms with Crippen LogP contribution >= 0.6 is 0 Å². The number of rotatable bonds is 16. The van der Waals surface area contributed by atoms with Crippen LogP contribution in [0.1, 0.15) is 103 Å². The van der Waals surface area contributed by atoms with Crippen molar-refractivity contribution in [3.05, 3.63) is 12.7 Å². The molecule has 0 radical (unpaired) electrons. The van der Waals surface area contributed by atoms with Crippen LogP contribution in [0.2, 0.25) is 0 Å². The van der Waals surface area contributed by atoms with E-state index >= 15 is 0 Å². The maximum Gasteiger partial charge on any atom is 0.0574 e. The standard InChI is InChI=1S/C19H38O/c1-3-5-6-7-8-9-10-11-12-13-14-15-16-18-19(20)17-4-2/h4,19-20H,2-3,5-18H2,1H3/t19-/m1/s1. The summed E-state index contributed by atoms with van der Waals surface area (Å²) < 4.78 is 0. The van der Waals surface area contributed by atoms with Crippen LogP contribution in [-0.2, 0) is 0 Å². The molecular weight excluding hydrogens is 244 g/mol. The zero-order valence-corrected chi connectivity index (χ0v) is 13.9. The summed E-state index contributed by atoms with van der Waals surface area (Å²) in [6.45, 7) is 5.93. The van der Waals surface area contributed by atoms with Crippen molar-refractivity contribution in [2.75, 3.05) is 0 Å². The molecule has 1 atom stereocenters. The van der Waals surface area contributed by atoms with E-state index in [4.69, 9.17) is 0 Å². The second-order valence-electron chi connectivity index (χ2n) is 6.21. The van der Waals surface area contributed by atoms with Crippen LogP contribution < -0.4 is 0 Å². The molecule has 0 saturated heterocycles. The topological polar surface area (TPSA) is 20.2 Å². The van der Waals surface area contributed by atoms with E-state index in [-0.39, 0.29) is 6.10 Å². The molecule has 0 aromatic heterocycles. The lowest BCUT2D eigenvalue weighted by Crippen LogP contribution is -2.03. The largest absolute Gasteiger partial charge is 0.393 e. The van der Waals surface area contributed by atoms with Crippen LogP contribution in [0.3, 0.4) is 0 Å². The van der Waals surface area contributed by atoms with Gasteiger partial charge in [-0.1, -0.05) is 96.5 Å². The quantitative estimate of drug-likeness (QED) is 0.256. The molecule has 1 N–H and O–H groups in total. The molecular formula is C19H38O. The molecule has 1 nitrogen and oxygen atoms in total. The fraction of sp³-hybridized carbons (Fsp3) is 0.895. The lowest BCUT2D eigenvalue weighted by Gasteiger charge is -2.07. The van der Waals surface area contributed by atoms with Crippen LogP contribution in [-0.4, -0.2) is 11.2 Å². The van der Waals surface area contributed by atoms with E-state index in [9.17, 15) is 5.11 Å². The Morgan fingerprint density at radius 2 is 1.15 bits per heavy atom. The number of hydrogen-bond acceptors (Lipinski definition) is 1. The zero-order valence-electron chi connectivity index (χ0n) is 13.9. The first-order valence-corrected chi connectivity index (χ1v) is 9.10. The van der Waals surface area contributed by atoms with Gasteiger partial charge in [0.1, 0.15) is 0 Å². The third-order valence-electron chi connectivity index (χ3n) is 4.08. The van der Waals surface area contributed by atoms with Gasteiger partial charge in [0.2, 0.25) is 0 Å². The molecule has 0 unspecified atom stereocenters. The van der Waals surface area contributed by atoms with Gasteiger partial charge in [-0.25, -0.2) is 0 Å².